The third kappa shape index (κ3) is 4.16. The number of nitrogens with one attached hydrogen (secondary N) is 1. The first-order valence-electron chi connectivity index (χ1n) is 7.31. The van der Waals surface area contributed by atoms with Crippen molar-refractivity contribution in [2.24, 2.45) is 0 Å². The highest BCUT2D eigenvalue weighted by Gasteiger charge is 2.20. The normalized spacial score (nSPS) is 19.4. The van der Waals surface area contributed by atoms with Crippen molar-refractivity contribution in [3.63, 3.8) is 0 Å². The predicted molar refractivity (Wildman–Crippen MR) is 85.4 cm³/mol. The number of likely N-dealkylation sites (tertiary alicyclic amines) is 1. The average Bonchev–Trinajstić information content (AvgIpc) is 2.51. The summed E-state index contributed by atoms with van der Waals surface area (Å²) in [4.78, 5) is 2.49. The Morgan fingerprint density at radius 2 is 2.00 bits per heavy atom. The van der Waals surface area contributed by atoms with Crippen LogP contribution in [0.2, 0.25) is 5.15 Å². The molecule has 0 aliphatic carbocycles. The molecule has 21 heavy (non-hydrogen) atoms. The van der Waals surface area contributed by atoms with Crippen LogP contribution in [-0.2, 0) is 6.54 Å². The zero-order chi connectivity index (χ0) is 14.5. The van der Waals surface area contributed by atoms with Crippen LogP contribution >= 0.6 is 11.6 Å². The molecule has 0 amide bonds. The minimum absolute atomic E-state index is 0.415. The molecule has 3 rings (SSSR count). The molecule has 1 unspecified atom stereocenters. The summed E-state index contributed by atoms with van der Waals surface area (Å²) in [6, 6.07) is 14.7. The van der Waals surface area contributed by atoms with E-state index >= 15 is 0 Å². The first kappa shape index (κ1) is 14.3. The number of aromatic nitrogens is 2. The van der Waals surface area contributed by atoms with Crippen LogP contribution in [-0.4, -0.2) is 34.2 Å². The molecule has 1 N–H and O–H groups in total. The van der Waals surface area contributed by atoms with Crippen LogP contribution in [0.5, 0.6) is 0 Å². The van der Waals surface area contributed by atoms with Gasteiger partial charge in [0.1, 0.15) is 5.82 Å². The molecule has 0 bridgehead atoms. The van der Waals surface area contributed by atoms with Crippen molar-refractivity contribution in [1.29, 1.82) is 0 Å². The van der Waals surface area contributed by atoms with Gasteiger partial charge < -0.3 is 5.32 Å². The summed E-state index contributed by atoms with van der Waals surface area (Å²) in [7, 11) is 0. The van der Waals surface area contributed by atoms with Gasteiger partial charge in [0, 0.05) is 19.1 Å². The lowest BCUT2D eigenvalue weighted by Crippen LogP contribution is -2.41. The van der Waals surface area contributed by atoms with Crippen LogP contribution in [0.4, 0.5) is 5.82 Å². The fourth-order valence-corrected chi connectivity index (χ4v) is 2.86. The highest BCUT2D eigenvalue weighted by Crippen LogP contribution is 2.17. The van der Waals surface area contributed by atoms with E-state index in [9.17, 15) is 0 Å². The Kier molecular flexibility index (Phi) is 4.68. The van der Waals surface area contributed by atoms with E-state index < -0.39 is 0 Å². The number of hydrogen-bond acceptors (Lipinski definition) is 4. The van der Waals surface area contributed by atoms with Gasteiger partial charge in [-0.25, -0.2) is 0 Å². The number of anilines is 1. The van der Waals surface area contributed by atoms with Gasteiger partial charge in [-0.2, -0.15) is 0 Å². The second-order valence-electron chi connectivity index (χ2n) is 5.45. The molecule has 1 aliphatic heterocycles. The summed E-state index contributed by atoms with van der Waals surface area (Å²) in [5, 5.41) is 11.8. The number of piperidine rings is 1. The van der Waals surface area contributed by atoms with Crippen molar-refractivity contribution in [2.75, 3.05) is 18.4 Å². The van der Waals surface area contributed by atoms with Crippen LogP contribution in [0.15, 0.2) is 42.5 Å². The molecule has 2 aromatic rings. The van der Waals surface area contributed by atoms with Gasteiger partial charge in [-0.15, -0.1) is 10.2 Å². The molecule has 1 aliphatic rings. The first-order valence-corrected chi connectivity index (χ1v) is 7.69. The maximum atomic E-state index is 5.76. The summed E-state index contributed by atoms with van der Waals surface area (Å²) >= 11 is 5.76. The third-order valence-electron chi connectivity index (χ3n) is 3.74. The second kappa shape index (κ2) is 6.87. The van der Waals surface area contributed by atoms with Crippen LogP contribution in [0.25, 0.3) is 0 Å². The monoisotopic (exact) mass is 302 g/mol. The average molecular weight is 303 g/mol. The molecule has 0 saturated carbocycles. The molecule has 1 fully saturated rings. The molecule has 1 aromatic carbocycles. The highest BCUT2D eigenvalue weighted by atomic mass is 35.5. The van der Waals surface area contributed by atoms with E-state index in [-0.39, 0.29) is 0 Å². The summed E-state index contributed by atoms with van der Waals surface area (Å²) in [5.74, 6) is 0.797. The lowest BCUT2D eigenvalue weighted by molar-refractivity contribution is 0.208. The summed E-state index contributed by atoms with van der Waals surface area (Å²) in [6.07, 6.45) is 2.36. The van der Waals surface area contributed by atoms with Gasteiger partial charge >= 0.3 is 0 Å². The standard InChI is InChI=1S/C16H19ClN4/c17-15-8-9-16(20-19-15)18-14-7-4-10-21(12-14)11-13-5-2-1-3-6-13/h1-3,5-6,8-9,14H,4,7,10-12H2,(H,18,20). The minimum Gasteiger partial charge on any atom is -0.365 e. The molecule has 0 radical (unpaired) electrons. The Hall–Kier alpha value is -1.65. The first-order chi connectivity index (χ1) is 10.3. The van der Waals surface area contributed by atoms with Gasteiger partial charge in [0.15, 0.2) is 5.15 Å². The van der Waals surface area contributed by atoms with Crippen molar-refractivity contribution >= 4 is 17.4 Å². The molecule has 1 atom stereocenters. The predicted octanol–water partition coefficient (Wildman–Crippen LogP) is 3.21. The van der Waals surface area contributed by atoms with E-state index in [2.05, 4.69) is 50.7 Å². The topological polar surface area (TPSA) is 41.0 Å². The molecular weight excluding hydrogens is 284 g/mol. The second-order valence-corrected chi connectivity index (χ2v) is 5.83. The fourth-order valence-electron chi connectivity index (χ4n) is 2.76. The van der Waals surface area contributed by atoms with Gasteiger partial charge in [0.2, 0.25) is 0 Å². The Bertz CT molecular complexity index is 558. The molecular formula is C16H19ClN4. The molecule has 5 heteroatoms. The van der Waals surface area contributed by atoms with E-state index in [1.54, 1.807) is 6.07 Å². The van der Waals surface area contributed by atoms with E-state index in [1.165, 1.54) is 12.0 Å². The Morgan fingerprint density at radius 1 is 1.14 bits per heavy atom. The van der Waals surface area contributed by atoms with Crippen LogP contribution < -0.4 is 5.32 Å². The number of hydrogen-bond donors (Lipinski definition) is 1. The Labute approximate surface area is 130 Å². The third-order valence-corrected chi connectivity index (χ3v) is 3.94. The summed E-state index contributed by atoms with van der Waals surface area (Å²) < 4.78 is 0. The largest absolute Gasteiger partial charge is 0.365 e. The number of halogens is 1. The lowest BCUT2D eigenvalue weighted by Gasteiger charge is -2.33. The van der Waals surface area contributed by atoms with Crippen molar-refractivity contribution in [1.82, 2.24) is 15.1 Å². The molecule has 4 nitrogen and oxygen atoms in total. The number of rotatable bonds is 4. The number of nitrogens with zero attached hydrogens (tertiary/aromatic N) is 3. The summed E-state index contributed by atoms with van der Waals surface area (Å²) in [6.45, 7) is 3.18. The highest BCUT2D eigenvalue weighted by molar-refractivity contribution is 6.29. The van der Waals surface area contributed by atoms with E-state index in [1.807, 2.05) is 6.07 Å². The Morgan fingerprint density at radius 3 is 2.76 bits per heavy atom. The molecule has 2 heterocycles. The van der Waals surface area contributed by atoms with Gasteiger partial charge in [0.05, 0.1) is 0 Å². The van der Waals surface area contributed by atoms with Crippen LogP contribution in [0, 0.1) is 0 Å². The van der Waals surface area contributed by atoms with Crippen LogP contribution in [0.1, 0.15) is 18.4 Å². The molecule has 0 spiro atoms. The van der Waals surface area contributed by atoms with Crippen molar-refractivity contribution in [2.45, 2.75) is 25.4 Å². The zero-order valence-electron chi connectivity index (χ0n) is 11.9. The van der Waals surface area contributed by atoms with E-state index in [4.69, 9.17) is 11.6 Å². The molecule has 1 saturated heterocycles. The lowest BCUT2D eigenvalue weighted by atomic mass is 10.0. The molecule has 110 valence electrons. The van der Waals surface area contributed by atoms with E-state index in [0.717, 1.165) is 31.9 Å². The van der Waals surface area contributed by atoms with Gasteiger partial charge in [-0.1, -0.05) is 41.9 Å². The van der Waals surface area contributed by atoms with Crippen LogP contribution in [0.3, 0.4) is 0 Å². The smallest absolute Gasteiger partial charge is 0.151 e. The Balaban J connectivity index is 1.57. The maximum Gasteiger partial charge on any atom is 0.151 e. The van der Waals surface area contributed by atoms with Crippen molar-refractivity contribution in [3.8, 4) is 0 Å². The number of benzene rings is 1. The quantitative estimate of drug-likeness (QED) is 0.941. The molecule has 1 aromatic heterocycles. The fraction of sp³-hybridized carbons (Fsp3) is 0.375. The van der Waals surface area contributed by atoms with Gasteiger partial charge in [-0.3, -0.25) is 4.90 Å². The van der Waals surface area contributed by atoms with Crippen molar-refractivity contribution < 1.29 is 0 Å². The van der Waals surface area contributed by atoms with Crippen molar-refractivity contribution in [3.05, 3.63) is 53.2 Å². The van der Waals surface area contributed by atoms with Gasteiger partial charge in [0.25, 0.3) is 0 Å². The SMILES string of the molecule is Clc1ccc(NC2CCCN(Cc3ccccc3)C2)nn1. The van der Waals surface area contributed by atoms with E-state index in [0.29, 0.717) is 11.2 Å². The summed E-state index contributed by atoms with van der Waals surface area (Å²) in [5.41, 5.74) is 1.37. The minimum atomic E-state index is 0.415. The maximum absolute atomic E-state index is 5.76. The van der Waals surface area contributed by atoms with Gasteiger partial charge in [-0.05, 0) is 37.1 Å². The zero-order valence-corrected chi connectivity index (χ0v) is 12.6.